The summed E-state index contributed by atoms with van der Waals surface area (Å²) in [4.78, 5) is 25.6. The molecule has 1 aromatic rings. The Hall–Kier alpha value is -1.93. The van der Waals surface area contributed by atoms with Crippen LogP contribution in [0.3, 0.4) is 0 Å². The Morgan fingerprint density at radius 1 is 1.16 bits per heavy atom. The Kier molecular flexibility index (Phi) is 5.10. The Morgan fingerprint density at radius 3 is 2.56 bits per heavy atom. The molecule has 2 saturated heterocycles. The van der Waals surface area contributed by atoms with Crippen molar-refractivity contribution in [3.05, 3.63) is 29.8 Å². The fourth-order valence-electron chi connectivity index (χ4n) is 3.24. The standard InChI is InChI=1S/C17H23N3O4S/c1-2-3-4-13-5-7-14(8-6-13)25(23,24)19-9-10-20-15(12-19)17(22)18-11-16(20)21/h5-8,15H,2-4,9-12H2,1H3,(H,18,22)/t15-/m0/s1. The largest absolute Gasteiger partial charge is 0.345 e. The molecule has 2 aliphatic heterocycles. The van der Waals surface area contributed by atoms with Gasteiger partial charge in [-0.25, -0.2) is 8.42 Å². The van der Waals surface area contributed by atoms with Gasteiger partial charge in [0.05, 0.1) is 11.4 Å². The van der Waals surface area contributed by atoms with Crippen LogP contribution in [0.1, 0.15) is 25.3 Å². The number of sulfonamides is 1. The van der Waals surface area contributed by atoms with E-state index in [1.165, 1.54) is 9.21 Å². The van der Waals surface area contributed by atoms with E-state index in [2.05, 4.69) is 12.2 Å². The van der Waals surface area contributed by atoms with Gasteiger partial charge < -0.3 is 10.2 Å². The van der Waals surface area contributed by atoms with Crippen molar-refractivity contribution in [2.75, 3.05) is 26.2 Å². The zero-order valence-corrected chi connectivity index (χ0v) is 15.1. The third-order valence-corrected chi connectivity index (χ3v) is 6.64. The summed E-state index contributed by atoms with van der Waals surface area (Å²) in [5.74, 6) is -0.462. The number of benzene rings is 1. The molecule has 2 fully saturated rings. The summed E-state index contributed by atoms with van der Waals surface area (Å²) in [6, 6.07) is 6.19. The highest BCUT2D eigenvalue weighted by Crippen LogP contribution is 2.22. The molecule has 1 aromatic carbocycles. The number of nitrogens with one attached hydrogen (secondary N) is 1. The molecule has 2 amide bonds. The smallest absolute Gasteiger partial charge is 0.244 e. The number of piperazine rings is 2. The van der Waals surface area contributed by atoms with Gasteiger partial charge in [-0.3, -0.25) is 9.59 Å². The van der Waals surface area contributed by atoms with Crippen LogP contribution in [0.25, 0.3) is 0 Å². The number of unbranched alkanes of at least 4 members (excludes halogenated alkanes) is 1. The first-order valence-electron chi connectivity index (χ1n) is 8.59. The van der Waals surface area contributed by atoms with Gasteiger partial charge in [-0.05, 0) is 30.5 Å². The first-order chi connectivity index (χ1) is 11.9. The second-order valence-electron chi connectivity index (χ2n) is 6.43. The Balaban J connectivity index is 1.76. The molecule has 2 heterocycles. The zero-order chi connectivity index (χ0) is 18.0. The number of hydrogen-bond acceptors (Lipinski definition) is 4. The van der Waals surface area contributed by atoms with Gasteiger partial charge in [0.25, 0.3) is 0 Å². The minimum absolute atomic E-state index is 0.00249. The maximum Gasteiger partial charge on any atom is 0.244 e. The third kappa shape index (κ3) is 3.55. The predicted octanol–water partition coefficient (Wildman–Crippen LogP) is 0.361. The maximum absolute atomic E-state index is 12.9. The van der Waals surface area contributed by atoms with Gasteiger partial charge in [0, 0.05) is 19.6 Å². The fraction of sp³-hybridized carbons (Fsp3) is 0.529. The monoisotopic (exact) mass is 365 g/mol. The second kappa shape index (κ2) is 7.13. The van der Waals surface area contributed by atoms with E-state index in [4.69, 9.17) is 0 Å². The van der Waals surface area contributed by atoms with Crippen LogP contribution in [0.4, 0.5) is 0 Å². The van der Waals surface area contributed by atoms with Crippen LogP contribution in [-0.2, 0) is 26.0 Å². The highest BCUT2D eigenvalue weighted by Gasteiger charge is 2.42. The van der Waals surface area contributed by atoms with E-state index < -0.39 is 16.1 Å². The van der Waals surface area contributed by atoms with E-state index in [9.17, 15) is 18.0 Å². The number of rotatable bonds is 5. The van der Waals surface area contributed by atoms with E-state index >= 15 is 0 Å². The summed E-state index contributed by atoms with van der Waals surface area (Å²) < 4.78 is 27.0. The number of aryl methyl sites for hydroxylation is 1. The number of carbonyl (C=O) groups excluding carboxylic acids is 2. The summed E-state index contributed by atoms with van der Waals surface area (Å²) >= 11 is 0. The minimum atomic E-state index is -3.68. The molecule has 2 aliphatic rings. The molecule has 25 heavy (non-hydrogen) atoms. The predicted molar refractivity (Wildman–Crippen MR) is 92.3 cm³/mol. The first kappa shape index (κ1) is 17.9. The summed E-state index contributed by atoms with van der Waals surface area (Å²) in [6.07, 6.45) is 3.09. The molecule has 0 radical (unpaired) electrons. The van der Waals surface area contributed by atoms with E-state index in [-0.39, 0.29) is 42.9 Å². The highest BCUT2D eigenvalue weighted by molar-refractivity contribution is 7.89. The van der Waals surface area contributed by atoms with Gasteiger partial charge in [0.2, 0.25) is 21.8 Å². The molecule has 0 saturated carbocycles. The zero-order valence-electron chi connectivity index (χ0n) is 14.3. The van der Waals surface area contributed by atoms with Crippen LogP contribution in [0.2, 0.25) is 0 Å². The Morgan fingerprint density at radius 2 is 1.88 bits per heavy atom. The van der Waals surface area contributed by atoms with E-state index in [0.717, 1.165) is 24.8 Å². The molecule has 0 bridgehead atoms. The van der Waals surface area contributed by atoms with E-state index in [0.29, 0.717) is 0 Å². The lowest BCUT2D eigenvalue weighted by Crippen LogP contribution is -2.66. The fourth-order valence-corrected chi connectivity index (χ4v) is 4.68. The number of fused-ring (bicyclic) bond motifs is 1. The third-order valence-electron chi connectivity index (χ3n) is 4.76. The van der Waals surface area contributed by atoms with Crippen LogP contribution in [0.5, 0.6) is 0 Å². The summed E-state index contributed by atoms with van der Waals surface area (Å²) in [6.45, 7) is 2.55. The molecule has 0 spiro atoms. The molecule has 1 atom stereocenters. The molecule has 7 nitrogen and oxygen atoms in total. The van der Waals surface area contributed by atoms with Crippen LogP contribution in [0.15, 0.2) is 29.2 Å². The SMILES string of the molecule is CCCCc1ccc(S(=O)(=O)N2CCN3C(=O)CNC(=O)[C@@H]3C2)cc1. The van der Waals surface area contributed by atoms with E-state index in [1.807, 2.05) is 12.1 Å². The molecule has 8 heteroatoms. The van der Waals surface area contributed by atoms with E-state index in [1.54, 1.807) is 12.1 Å². The van der Waals surface area contributed by atoms with Crippen molar-refractivity contribution < 1.29 is 18.0 Å². The number of carbonyl (C=O) groups is 2. The Labute approximate surface area is 148 Å². The van der Waals surface area contributed by atoms with Gasteiger partial charge in [-0.2, -0.15) is 4.31 Å². The second-order valence-corrected chi connectivity index (χ2v) is 8.37. The quantitative estimate of drug-likeness (QED) is 0.816. The maximum atomic E-state index is 12.9. The highest BCUT2D eigenvalue weighted by atomic mass is 32.2. The van der Waals surface area contributed by atoms with Crippen molar-refractivity contribution in [2.24, 2.45) is 0 Å². The topological polar surface area (TPSA) is 86.8 Å². The van der Waals surface area contributed by atoms with Crippen molar-refractivity contribution >= 4 is 21.8 Å². The molecule has 3 rings (SSSR count). The molecule has 136 valence electrons. The lowest BCUT2D eigenvalue weighted by molar-refractivity contribution is -0.147. The van der Waals surface area contributed by atoms with Crippen molar-refractivity contribution in [3.8, 4) is 0 Å². The molecule has 1 N–H and O–H groups in total. The summed E-state index contributed by atoms with van der Waals surface area (Å²) in [7, 11) is -3.68. The van der Waals surface area contributed by atoms with Crippen LogP contribution < -0.4 is 5.32 Å². The normalized spacial score (nSPS) is 21.8. The van der Waals surface area contributed by atoms with Gasteiger partial charge in [0.1, 0.15) is 6.04 Å². The molecular weight excluding hydrogens is 342 g/mol. The van der Waals surface area contributed by atoms with Gasteiger partial charge in [-0.15, -0.1) is 0 Å². The molecule has 0 unspecified atom stereocenters. The van der Waals surface area contributed by atoms with Crippen LogP contribution >= 0.6 is 0 Å². The summed E-state index contributed by atoms with van der Waals surface area (Å²) in [5, 5.41) is 2.52. The van der Waals surface area contributed by atoms with Crippen molar-refractivity contribution in [1.29, 1.82) is 0 Å². The van der Waals surface area contributed by atoms with Gasteiger partial charge >= 0.3 is 0 Å². The van der Waals surface area contributed by atoms with Crippen LogP contribution in [0, 0.1) is 0 Å². The Bertz CT molecular complexity index is 761. The minimum Gasteiger partial charge on any atom is -0.345 e. The van der Waals surface area contributed by atoms with Gasteiger partial charge in [-0.1, -0.05) is 25.5 Å². The first-order valence-corrected chi connectivity index (χ1v) is 10.0. The average Bonchev–Trinajstić information content (AvgIpc) is 2.63. The van der Waals surface area contributed by atoms with Crippen molar-refractivity contribution in [2.45, 2.75) is 37.1 Å². The lowest BCUT2D eigenvalue weighted by atomic mass is 10.1. The molecular formula is C17H23N3O4S. The average molecular weight is 365 g/mol. The van der Waals surface area contributed by atoms with Crippen molar-refractivity contribution in [1.82, 2.24) is 14.5 Å². The molecule has 0 aromatic heterocycles. The van der Waals surface area contributed by atoms with Crippen molar-refractivity contribution in [3.63, 3.8) is 0 Å². The van der Waals surface area contributed by atoms with Crippen LogP contribution in [-0.4, -0.2) is 61.7 Å². The number of nitrogens with zero attached hydrogens (tertiary/aromatic N) is 2. The lowest BCUT2D eigenvalue weighted by Gasteiger charge is -2.42. The summed E-state index contributed by atoms with van der Waals surface area (Å²) in [5.41, 5.74) is 1.11. The molecule has 0 aliphatic carbocycles. The number of amides is 2. The number of hydrogen-bond donors (Lipinski definition) is 1. The van der Waals surface area contributed by atoms with Gasteiger partial charge in [0.15, 0.2) is 0 Å².